The van der Waals surface area contributed by atoms with Gasteiger partial charge in [0.1, 0.15) is 15.5 Å². The molecule has 0 spiro atoms. The summed E-state index contributed by atoms with van der Waals surface area (Å²) in [6.45, 7) is 2.18. The standard InChI is InChI=1S/C21H19N3O3S/c1-12-17-19(25)22-16(23-20(17)28-18(12)21(26)27-3)11-24(2)15-9-8-13-6-4-5-7-14(13)10-15/h4-10H,11H2,1-3H3,(H,22,23,25). The molecule has 0 saturated carbocycles. The molecule has 7 heteroatoms. The quantitative estimate of drug-likeness (QED) is 0.533. The van der Waals surface area contributed by atoms with Gasteiger partial charge in [-0.25, -0.2) is 9.78 Å². The fraction of sp³-hybridized carbons (Fsp3) is 0.190. The van der Waals surface area contributed by atoms with Gasteiger partial charge in [-0.05, 0) is 35.4 Å². The average Bonchev–Trinajstić information content (AvgIpc) is 3.03. The Morgan fingerprint density at radius 3 is 2.71 bits per heavy atom. The van der Waals surface area contributed by atoms with Crippen LogP contribution in [0.15, 0.2) is 47.3 Å². The molecule has 0 atom stereocenters. The molecule has 0 aliphatic heterocycles. The van der Waals surface area contributed by atoms with Crippen molar-refractivity contribution in [2.24, 2.45) is 0 Å². The molecular formula is C21H19N3O3S. The normalized spacial score (nSPS) is 11.1. The summed E-state index contributed by atoms with van der Waals surface area (Å²) in [6.07, 6.45) is 0. The lowest BCUT2D eigenvalue weighted by Gasteiger charge is -2.19. The molecule has 0 radical (unpaired) electrons. The number of fused-ring (bicyclic) bond motifs is 2. The lowest BCUT2D eigenvalue weighted by molar-refractivity contribution is 0.0605. The maximum absolute atomic E-state index is 12.6. The Bertz CT molecular complexity index is 1260. The summed E-state index contributed by atoms with van der Waals surface area (Å²) in [6, 6.07) is 14.4. The van der Waals surface area contributed by atoms with E-state index in [1.54, 1.807) is 6.92 Å². The summed E-state index contributed by atoms with van der Waals surface area (Å²) in [7, 11) is 3.28. The molecule has 28 heavy (non-hydrogen) atoms. The average molecular weight is 393 g/mol. The molecule has 0 saturated heterocycles. The molecule has 1 N–H and O–H groups in total. The number of rotatable bonds is 4. The van der Waals surface area contributed by atoms with Crippen molar-refractivity contribution in [3.8, 4) is 0 Å². The zero-order valence-electron chi connectivity index (χ0n) is 15.8. The summed E-state index contributed by atoms with van der Waals surface area (Å²) in [5.41, 5.74) is 1.39. The van der Waals surface area contributed by atoms with Crippen LogP contribution in [0.1, 0.15) is 21.1 Å². The SMILES string of the molecule is COC(=O)c1sc2nc(CN(C)c3ccc4ccccc4c3)[nH]c(=O)c2c1C. The highest BCUT2D eigenvalue weighted by molar-refractivity contribution is 7.20. The number of anilines is 1. The predicted molar refractivity (Wildman–Crippen MR) is 112 cm³/mol. The fourth-order valence-electron chi connectivity index (χ4n) is 3.28. The Labute approximate surface area is 165 Å². The topological polar surface area (TPSA) is 75.3 Å². The van der Waals surface area contributed by atoms with Crippen molar-refractivity contribution < 1.29 is 9.53 Å². The van der Waals surface area contributed by atoms with E-state index in [-0.39, 0.29) is 5.56 Å². The highest BCUT2D eigenvalue weighted by Gasteiger charge is 2.20. The van der Waals surface area contributed by atoms with Crippen molar-refractivity contribution in [2.45, 2.75) is 13.5 Å². The first-order valence-corrected chi connectivity index (χ1v) is 9.60. The van der Waals surface area contributed by atoms with Gasteiger partial charge in [0.25, 0.3) is 5.56 Å². The Morgan fingerprint density at radius 1 is 1.21 bits per heavy atom. The van der Waals surface area contributed by atoms with Crippen LogP contribution >= 0.6 is 11.3 Å². The molecule has 4 aromatic rings. The Morgan fingerprint density at radius 2 is 1.96 bits per heavy atom. The lowest BCUT2D eigenvalue weighted by Crippen LogP contribution is -2.21. The number of aromatic amines is 1. The number of nitrogens with zero attached hydrogens (tertiary/aromatic N) is 2. The van der Waals surface area contributed by atoms with E-state index in [2.05, 4.69) is 34.2 Å². The number of benzene rings is 2. The van der Waals surface area contributed by atoms with E-state index in [9.17, 15) is 9.59 Å². The third-order valence-corrected chi connectivity index (χ3v) is 5.95. The van der Waals surface area contributed by atoms with Crippen LogP contribution in [0.25, 0.3) is 21.0 Å². The van der Waals surface area contributed by atoms with Gasteiger partial charge in [-0.15, -0.1) is 11.3 Å². The van der Waals surface area contributed by atoms with Gasteiger partial charge in [0.15, 0.2) is 0 Å². The second-order valence-electron chi connectivity index (χ2n) is 6.63. The van der Waals surface area contributed by atoms with E-state index in [0.717, 1.165) is 11.1 Å². The van der Waals surface area contributed by atoms with Gasteiger partial charge in [0.05, 0.1) is 19.0 Å². The highest BCUT2D eigenvalue weighted by Crippen LogP contribution is 2.28. The van der Waals surface area contributed by atoms with Crippen LogP contribution in [0, 0.1) is 6.92 Å². The van der Waals surface area contributed by atoms with E-state index >= 15 is 0 Å². The molecule has 4 rings (SSSR count). The minimum absolute atomic E-state index is 0.240. The van der Waals surface area contributed by atoms with Crippen molar-refractivity contribution in [1.82, 2.24) is 9.97 Å². The van der Waals surface area contributed by atoms with E-state index in [4.69, 9.17) is 4.74 Å². The lowest BCUT2D eigenvalue weighted by atomic mass is 10.1. The number of H-pyrrole nitrogens is 1. The van der Waals surface area contributed by atoms with Crippen LogP contribution in [-0.2, 0) is 11.3 Å². The van der Waals surface area contributed by atoms with Gasteiger partial charge < -0.3 is 14.6 Å². The molecule has 2 aromatic heterocycles. The summed E-state index contributed by atoms with van der Waals surface area (Å²) in [4.78, 5) is 34.9. The molecule has 2 aromatic carbocycles. The summed E-state index contributed by atoms with van der Waals surface area (Å²) in [5.74, 6) is 0.0977. The number of aryl methyl sites for hydroxylation is 1. The maximum atomic E-state index is 12.6. The first-order valence-electron chi connectivity index (χ1n) is 8.78. The molecule has 0 aliphatic rings. The smallest absolute Gasteiger partial charge is 0.348 e. The van der Waals surface area contributed by atoms with Crippen LogP contribution in [0.3, 0.4) is 0 Å². The molecule has 0 amide bonds. The van der Waals surface area contributed by atoms with Crippen molar-refractivity contribution in [2.75, 3.05) is 19.1 Å². The maximum Gasteiger partial charge on any atom is 0.348 e. The second-order valence-corrected chi connectivity index (χ2v) is 7.63. The summed E-state index contributed by atoms with van der Waals surface area (Å²) >= 11 is 1.19. The molecule has 0 aliphatic carbocycles. The van der Waals surface area contributed by atoms with Gasteiger partial charge in [-0.1, -0.05) is 30.3 Å². The predicted octanol–water partition coefficient (Wildman–Crippen LogP) is 3.87. The number of carbonyl (C=O) groups is 1. The van der Waals surface area contributed by atoms with Crippen LogP contribution in [0.2, 0.25) is 0 Å². The molecule has 6 nitrogen and oxygen atoms in total. The van der Waals surface area contributed by atoms with Crippen molar-refractivity contribution in [3.05, 3.63) is 69.1 Å². The molecule has 0 fully saturated rings. The van der Waals surface area contributed by atoms with Crippen LogP contribution in [0.4, 0.5) is 5.69 Å². The minimum atomic E-state index is -0.449. The first-order chi connectivity index (χ1) is 13.5. The zero-order chi connectivity index (χ0) is 19.8. The van der Waals surface area contributed by atoms with Gasteiger partial charge in [-0.3, -0.25) is 4.79 Å². The van der Waals surface area contributed by atoms with Gasteiger partial charge >= 0.3 is 5.97 Å². The molecule has 142 valence electrons. The van der Waals surface area contributed by atoms with E-state index in [0.29, 0.717) is 33.0 Å². The zero-order valence-corrected chi connectivity index (χ0v) is 16.6. The van der Waals surface area contributed by atoms with Crippen LogP contribution in [0.5, 0.6) is 0 Å². The summed E-state index contributed by atoms with van der Waals surface area (Å²) < 4.78 is 4.80. The number of nitrogens with one attached hydrogen (secondary N) is 1. The molecule has 0 unspecified atom stereocenters. The molecule has 2 heterocycles. The van der Waals surface area contributed by atoms with Crippen molar-refractivity contribution in [3.63, 3.8) is 0 Å². The van der Waals surface area contributed by atoms with Crippen LogP contribution in [-0.4, -0.2) is 30.1 Å². The number of hydrogen-bond acceptors (Lipinski definition) is 6. The first kappa shape index (κ1) is 18.2. The van der Waals surface area contributed by atoms with Crippen LogP contribution < -0.4 is 10.5 Å². The third kappa shape index (κ3) is 3.14. The van der Waals surface area contributed by atoms with E-state index in [1.165, 1.54) is 23.8 Å². The second kappa shape index (κ2) is 7.09. The Kier molecular flexibility index (Phi) is 4.60. The van der Waals surface area contributed by atoms with E-state index in [1.807, 2.05) is 30.1 Å². The molecular weight excluding hydrogens is 374 g/mol. The Balaban J connectivity index is 1.68. The number of esters is 1. The number of aromatic nitrogens is 2. The fourth-order valence-corrected chi connectivity index (χ4v) is 4.40. The minimum Gasteiger partial charge on any atom is -0.465 e. The van der Waals surface area contributed by atoms with Gasteiger partial charge in [0, 0.05) is 12.7 Å². The summed E-state index contributed by atoms with van der Waals surface area (Å²) in [5, 5.41) is 2.78. The van der Waals surface area contributed by atoms with Crippen molar-refractivity contribution in [1.29, 1.82) is 0 Å². The number of ether oxygens (including phenoxy) is 1. The van der Waals surface area contributed by atoms with Gasteiger partial charge in [0.2, 0.25) is 0 Å². The largest absolute Gasteiger partial charge is 0.465 e. The number of thiophene rings is 1. The van der Waals surface area contributed by atoms with E-state index < -0.39 is 5.97 Å². The highest BCUT2D eigenvalue weighted by atomic mass is 32.1. The Hall–Kier alpha value is -3.19. The third-order valence-electron chi connectivity index (χ3n) is 4.78. The van der Waals surface area contributed by atoms with Gasteiger partial charge in [-0.2, -0.15) is 0 Å². The number of methoxy groups -OCH3 is 1. The van der Waals surface area contributed by atoms with Crippen molar-refractivity contribution >= 4 is 44.0 Å². The molecule has 0 bridgehead atoms. The number of carbonyl (C=O) groups excluding carboxylic acids is 1. The number of hydrogen-bond donors (Lipinski definition) is 1. The monoisotopic (exact) mass is 393 g/mol.